The van der Waals surface area contributed by atoms with Gasteiger partial charge >= 0.3 is 0 Å². The molecule has 47 heavy (non-hydrogen) atoms. The topological polar surface area (TPSA) is 96.5 Å². The number of thioether (sulfide) groups is 1. The highest BCUT2D eigenvalue weighted by atomic mass is 32.2. The van der Waals surface area contributed by atoms with Crippen LogP contribution in [-0.2, 0) is 9.59 Å². The van der Waals surface area contributed by atoms with Gasteiger partial charge in [0.05, 0.1) is 6.61 Å². The number of carbonyl (C=O) groups excluding carboxylic acids is 3. The van der Waals surface area contributed by atoms with E-state index in [0.29, 0.717) is 23.5 Å². The lowest BCUT2D eigenvalue weighted by molar-refractivity contribution is -0.116. The lowest BCUT2D eigenvalue weighted by Crippen LogP contribution is -2.30. The van der Waals surface area contributed by atoms with Gasteiger partial charge in [-0.25, -0.2) is 0 Å². The van der Waals surface area contributed by atoms with Crippen molar-refractivity contribution in [3.63, 3.8) is 0 Å². The van der Waals surface area contributed by atoms with Crippen molar-refractivity contribution >= 4 is 46.9 Å². The fraction of sp³-hybridized carbons (Fsp3) is 0.103. The monoisotopic (exact) mass is 641 g/mol. The van der Waals surface area contributed by atoms with Crippen LogP contribution in [0, 0.1) is 6.92 Å². The molecular weight excluding hydrogens is 607 g/mol. The lowest BCUT2D eigenvalue weighted by atomic mass is 10.1. The SMILES string of the molecule is CCOc1ccc(NC(=O)C(Sc2cccc(NC(=O)/C(=C/c3ccccc3C)NC(=O)c3ccccc3)c2)c2ccccc2)cc1. The van der Waals surface area contributed by atoms with E-state index < -0.39 is 17.1 Å². The van der Waals surface area contributed by atoms with Gasteiger partial charge in [-0.2, -0.15) is 0 Å². The summed E-state index contributed by atoms with van der Waals surface area (Å²) >= 11 is 1.37. The zero-order valence-electron chi connectivity index (χ0n) is 26.1. The molecule has 3 amide bonds. The van der Waals surface area contributed by atoms with Crippen molar-refractivity contribution in [1.29, 1.82) is 0 Å². The number of hydrogen-bond donors (Lipinski definition) is 3. The molecule has 0 bridgehead atoms. The van der Waals surface area contributed by atoms with Gasteiger partial charge in [0.25, 0.3) is 11.8 Å². The average Bonchev–Trinajstić information content (AvgIpc) is 3.09. The molecule has 0 fully saturated rings. The molecule has 5 rings (SSSR count). The second-order valence-electron chi connectivity index (χ2n) is 10.6. The van der Waals surface area contributed by atoms with E-state index >= 15 is 0 Å². The number of nitrogens with one attached hydrogen (secondary N) is 3. The van der Waals surface area contributed by atoms with Crippen molar-refractivity contribution in [2.45, 2.75) is 24.0 Å². The van der Waals surface area contributed by atoms with Crippen molar-refractivity contribution < 1.29 is 19.1 Å². The summed E-state index contributed by atoms with van der Waals surface area (Å²) < 4.78 is 5.52. The Bertz CT molecular complexity index is 1860. The number of carbonyl (C=O) groups is 3. The summed E-state index contributed by atoms with van der Waals surface area (Å²) in [4.78, 5) is 41.1. The van der Waals surface area contributed by atoms with Gasteiger partial charge in [-0.15, -0.1) is 11.8 Å². The first-order valence-corrected chi connectivity index (χ1v) is 16.1. The number of amides is 3. The molecule has 0 spiro atoms. The van der Waals surface area contributed by atoms with E-state index in [1.807, 2.05) is 117 Å². The van der Waals surface area contributed by atoms with Gasteiger partial charge in [0.1, 0.15) is 16.7 Å². The molecule has 0 aliphatic heterocycles. The summed E-state index contributed by atoms with van der Waals surface area (Å²) in [5, 5.41) is 8.16. The second-order valence-corrected chi connectivity index (χ2v) is 11.8. The minimum absolute atomic E-state index is 0.100. The number of ether oxygens (including phenoxy) is 1. The Balaban J connectivity index is 1.36. The predicted octanol–water partition coefficient (Wildman–Crippen LogP) is 8.28. The molecule has 7 nitrogen and oxygen atoms in total. The highest BCUT2D eigenvalue weighted by Crippen LogP contribution is 2.37. The normalized spacial score (nSPS) is 11.7. The van der Waals surface area contributed by atoms with E-state index in [-0.39, 0.29) is 11.6 Å². The van der Waals surface area contributed by atoms with E-state index in [0.717, 1.165) is 27.3 Å². The van der Waals surface area contributed by atoms with Crippen LogP contribution in [0.1, 0.15) is 39.2 Å². The third-order valence-electron chi connectivity index (χ3n) is 7.14. The third kappa shape index (κ3) is 9.22. The molecule has 0 aliphatic carbocycles. The van der Waals surface area contributed by atoms with Crippen molar-refractivity contribution in [2.75, 3.05) is 17.2 Å². The summed E-state index contributed by atoms with van der Waals surface area (Å²) in [7, 11) is 0. The Hall–Kier alpha value is -5.60. The molecular formula is C39H35N3O4S. The van der Waals surface area contributed by atoms with Crippen LogP contribution in [0.25, 0.3) is 6.08 Å². The summed E-state index contributed by atoms with van der Waals surface area (Å²) in [6, 6.07) is 40.4. The van der Waals surface area contributed by atoms with Gasteiger partial charge < -0.3 is 20.7 Å². The maximum Gasteiger partial charge on any atom is 0.272 e. The molecule has 0 radical (unpaired) electrons. The first kappa shape index (κ1) is 32.8. The molecule has 0 saturated carbocycles. The number of hydrogen-bond acceptors (Lipinski definition) is 5. The standard InChI is InChI=1S/C39H35N3O4S/c1-3-46-33-23-21-31(22-24-33)40-39(45)36(28-14-6-4-7-15-28)47-34-20-12-19-32(26-34)41-38(44)35(25-30-18-11-10-13-27(30)2)42-37(43)29-16-8-5-9-17-29/h4-26,36H,3H2,1-2H3,(H,40,45)(H,41,44)(H,42,43)/b35-25-. The number of benzene rings is 5. The minimum atomic E-state index is -0.574. The Morgan fingerprint density at radius 2 is 1.43 bits per heavy atom. The number of aryl methyl sites for hydroxylation is 1. The molecule has 3 N–H and O–H groups in total. The van der Waals surface area contributed by atoms with Crippen LogP contribution in [0.3, 0.4) is 0 Å². The molecule has 5 aromatic rings. The fourth-order valence-corrected chi connectivity index (χ4v) is 5.82. The summed E-state index contributed by atoms with van der Waals surface area (Å²) in [6.07, 6.45) is 1.67. The molecule has 0 heterocycles. The van der Waals surface area contributed by atoms with Crippen molar-refractivity contribution in [2.24, 2.45) is 0 Å². The summed E-state index contributed by atoms with van der Waals surface area (Å²) in [5.41, 5.74) is 4.31. The molecule has 8 heteroatoms. The van der Waals surface area contributed by atoms with Gasteiger partial charge in [-0.05, 0) is 91.2 Å². The van der Waals surface area contributed by atoms with Gasteiger partial charge in [-0.1, -0.05) is 78.9 Å². The van der Waals surface area contributed by atoms with Crippen molar-refractivity contribution in [3.8, 4) is 5.75 Å². The number of anilines is 2. The van der Waals surface area contributed by atoms with Gasteiger partial charge in [0.15, 0.2) is 0 Å². The molecule has 0 aliphatic rings. The number of rotatable bonds is 12. The maximum absolute atomic E-state index is 13.7. The van der Waals surface area contributed by atoms with Crippen molar-refractivity contribution in [1.82, 2.24) is 5.32 Å². The van der Waals surface area contributed by atoms with E-state index in [9.17, 15) is 14.4 Å². The fourth-order valence-electron chi connectivity index (χ4n) is 4.74. The smallest absolute Gasteiger partial charge is 0.272 e. The van der Waals surface area contributed by atoms with Crippen LogP contribution in [0.5, 0.6) is 5.75 Å². The van der Waals surface area contributed by atoms with Crippen LogP contribution in [0.4, 0.5) is 11.4 Å². The third-order valence-corrected chi connectivity index (χ3v) is 8.38. The Morgan fingerprint density at radius 3 is 2.13 bits per heavy atom. The van der Waals surface area contributed by atoms with Crippen LogP contribution in [0.2, 0.25) is 0 Å². The summed E-state index contributed by atoms with van der Waals surface area (Å²) in [6.45, 7) is 4.42. The first-order valence-electron chi connectivity index (χ1n) is 15.2. The molecule has 1 atom stereocenters. The molecule has 5 aromatic carbocycles. The van der Waals surface area contributed by atoms with E-state index in [4.69, 9.17) is 4.74 Å². The average molecular weight is 642 g/mol. The Labute approximate surface area is 279 Å². The quantitative estimate of drug-likeness (QED) is 0.0941. The molecule has 1 unspecified atom stereocenters. The second kappa shape index (κ2) is 16.1. The largest absolute Gasteiger partial charge is 0.494 e. The Morgan fingerprint density at radius 1 is 0.745 bits per heavy atom. The van der Waals surface area contributed by atoms with Crippen LogP contribution in [-0.4, -0.2) is 24.3 Å². The van der Waals surface area contributed by atoms with E-state index in [1.165, 1.54) is 11.8 Å². The maximum atomic E-state index is 13.7. The molecule has 0 aromatic heterocycles. The van der Waals surface area contributed by atoms with Crippen LogP contribution in [0.15, 0.2) is 144 Å². The minimum Gasteiger partial charge on any atom is -0.494 e. The zero-order valence-corrected chi connectivity index (χ0v) is 26.9. The molecule has 0 saturated heterocycles. The first-order chi connectivity index (χ1) is 22.9. The Kier molecular flexibility index (Phi) is 11.2. The van der Waals surface area contributed by atoms with Gasteiger partial charge in [0.2, 0.25) is 5.91 Å². The van der Waals surface area contributed by atoms with Crippen LogP contribution >= 0.6 is 11.8 Å². The highest BCUT2D eigenvalue weighted by molar-refractivity contribution is 8.00. The van der Waals surface area contributed by atoms with E-state index in [1.54, 1.807) is 36.4 Å². The van der Waals surface area contributed by atoms with E-state index in [2.05, 4.69) is 16.0 Å². The van der Waals surface area contributed by atoms with Crippen LogP contribution < -0.4 is 20.7 Å². The summed E-state index contributed by atoms with van der Waals surface area (Å²) in [5.74, 6) is -0.330. The van der Waals surface area contributed by atoms with Gasteiger partial charge in [-0.3, -0.25) is 14.4 Å². The lowest BCUT2D eigenvalue weighted by Gasteiger charge is -2.18. The van der Waals surface area contributed by atoms with Crippen molar-refractivity contribution in [3.05, 3.63) is 161 Å². The van der Waals surface area contributed by atoms with Gasteiger partial charge in [0, 0.05) is 21.8 Å². The predicted molar refractivity (Wildman–Crippen MR) is 189 cm³/mol. The highest BCUT2D eigenvalue weighted by Gasteiger charge is 2.23. The molecule has 236 valence electrons. The zero-order chi connectivity index (χ0) is 33.0.